The predicted octanol–water partition coefficient (Wildman–Crippen LogP) is 4.05. The standard InChI is InChI=1S/C22H24O3/c1-23-15-20-21-18(13-12-17-8-4-2-5-9-17)14-22(25-20,16-24-21)19-10-6-3-7-11-19/h2-13,18,20-21H,14-16H2,1H3/b13-12+/t18-,20+,21-,22-/m0/s1. The van der Waals surface area contributed by atoms with Crippen LogP contribution in [0.3, 0.4) is 0 Å². The molecule has 2 bridgehead atoms. The minimum absolute atomic E-state index is 0.0434. The van der Waals surface area contributed by atoms with Crippen molar-refractivity contribution in [1.29, 1.82) is 0 Å². The largest absolute Gasteiger partial charge is 0.382 e. The number of hydrogen-bond acceptors (Lipinski definition) is 3. The molecule has 25 heavy (non-hydrogen) atoms. The van der Waals surface area contributed by atoms with Crippen molar-refractivity contribution in [2.24, 2.45) is 5.92 Å². The molecule has 0 radical (unpaired) electrons. The molecule has 0 unspecified atom stereocenters. The summed E-state index contributed by atoms with van der Waals surface area (Å²) in [5, 5.41) is 0. The first-order valence-electron chi connectivity index (χ1n) is 8.88. The highest BCUT2D eigenvalue weighted by Gasteiger charge is 2.53. The molecule has 0 spiro atoms. The van der Waals surface area contributed by atoms with Crippen LogP contribution in [0.15, 0.2) is 66.7 Å². The molecule has 0 amide bonds. The summed E-state index contributed by atoms with van der Waals surface area (Å²) in [6, 6.07) is 20.8. The van der Waals surface area contributed by atoms with Crippen LogP contribution < -0.4 is 0 Å². The Morgan fingerprint density at radius 3 is 2.52 bits per heavy atom. The molecule has 2 aromatic rings. The van der Waals surface area contributed by atoms with Crippen molar-refractivity contribution in [3.8, 4) is 0 Å². The molecule has 3 aliphatic heterocycles. The van der Waals surface area contributed by atoms with Crippen molar-refractivity contribution >= 4 is 6.08 Å². The molecule has 3 nitrogen and oxygen atoms in total. The summed E-state index contributed by atoms with van der Waals surface area (Å²) in [5.41, 5.74) is 2.01. The molecule has 2 aromatic carbocycles. The first kappa shape index (κ1) is 16.5. The second kappa shape index (κ2) is 7.12. The zero-order valence-electron chi connectivity index (χ0n) is 14.5. The van der Waals surface area contributed by atoms with Crippen LogP contribution in [0.2, 0.25) is 0 Å². The van der Waals surface area contributed by atoms with E-state index in [1.807, 2.05) is 12.1 Å². The molecule has 5 rings (SSSR count). The quantitative estimate of drug-likeness (QED) is 0.824. The van der Waals surface area contributed by atoms with Gasteiger partial charge in [-0.05, 0) is 17.5 Å². The third-order valence-corrected chi connectivity index (χ3v) is 5.21. The first-order chi connectivity index (χ1) is 12.3. The maximum atomic E-state index is 6.50. The van der Waals surface area contributed by atoms with E-state index < -0.39 is 0 Å². The molecule has 0 aliphatic carbocycles. The predicted molar refractivity (Wildman–Crippen MR) is 98.2 cm³/mol. The lowest BCUT2D eigenvalue weighted by molar-refractivity contribution is -0.296. The van der Waals surface area contributed by atoms with Crippen molar-refractivity contribution < 1.29 is 14.2 Å². The Kier molecular flexibility index (Phi) is 4.71. The SMILES string of the molecule is COC[C@H]1O[C@]2(c3ccccc3)CO[C@H]1[C@@H](/C=C/c1ccccc1)C2. The van der Waals surface area contributed by atoms with E-state index in [1.165, 1.54) is 11.1 Å². The van der Waals surface area contributed by atoms with Crippen LogP contribution in [0.25, 0.3) is 6.08 Å². The van der Waals surface area contributed by atoms with E-state index in [2.05, 4.69) is 60.7 Å². The zero-order chi connectivity index (χ0) is 17.1. The smallest absolute Gasteiger partial charge is 0.118 e. The monoisotopic (exact) mass is 336 g/mol. The van der Waals surface area contributed by atoms with Crippen molar-refractivity contribution in [1.82, 2.24) is 0 Å². The summed E-state index contributed by atoms with van der Waals surface area (Å²) in [5.74, 6) is 0.308. The van der Waals surface area contributed by atoms with Crippen molar-refractivity contribution in [2.75, 3.05) is 20.3 Å². The Labute approximate surface area is 149 Å². The van der Waals surface area contributed by atoms with E-state index in [1.54, 1.807) is 7.11 Å². The van der Waals surface area contributed by atoms with Crippen LogP contribution in [0, 0.1) is 5.92 Å². The number of fused-ring (bicyclic) bond motifs is 3. The number of hydrogen-bond donors (Lipinski definition) is 0. The minimum Gasteiger partial charge on any atom is -0.382 e. The van der Waals surface area contributed by atoms with E-state index in [9.17, 15) is 0 Å². The van der Waals surface area contributed by atoms with Crippen molar-refractivity contribution in [2.45, 2.75) is 24.2 Å². The number of ether oxygens (including phenoxy) is 3. The van der Waals surface area contributed by atoms with E-state index in [4.69, 9.17) is 14.2 Å². The van der Waals surface area contributed by atoms with Gasteiger partial charge in [0.05, 0.1) is 19.3 Å². The van der Waals surface area contributed by atoms with Crippen LogP contribution in [0.5, 0.6) is 0 Å². The molecular weight excluding hydrogens is 312 g/mol. The molecule has 3 aliphatic rings. The summed E-state index contributed by atoms with van der Waals surface area (Å²) in [4.78, 5) is 0. The summed E-state index contributed by atoms with van der Waals surface area (Å²) in [6.45, 7) is 1.16. The molecule has 130 valence electrons. The first-order valence-corrected chi connectivity index (χ1v) is 8.88. The molecule has 0 N–H and O–H groups in total. The number of benzene rings is 2. The minimum atomic E-state index is -0.384. The normalized spacial score (nSPS) is 31.5. The van der Waals surface area contributed by atoms with Gasteiger partial charge in [-0.25, -0.2) is 0 Å². The Hall–Kier alpha value is -1.94. The van der Waals surface area contributed by atoms with Gasteiger partial charge in [0.1, 0.15) is 11.7 Å². The Morgan fingerprint density at radius 2 is 1.80 bits per heavy atom. The van der Waals surface area contributed by atoms with Gasteiger partial charge in [-0.1, -0.05) is 72.8 Å². The van der Waals surface area contributed by atoms with E-state index >= 15 is 0 Å². The van der Waals surface area contributed by atoms with Gasteiger partial charge in [0.15, 0.2) is 0 Å². The Bertz CT molecular complexity index is 713. The zero-order valence-corrected chi connectivity index (χ0v) is 14.5. The molecule has 3 saturated heterocycles. The molecule has 3 heterocycles. The van der Waals surface area contributed by atoms with Crippen LogP contribution in [-0.4, -0.2) is 32.5 Å². The number of methoxy groups -OCH3 is 1. The fourth-order valence-electron chi connectivity index (χ4n) is 4.01. The van der Waals surface area contributed by atoms with Gasteiger partial charge in [-0.15, -0.1) is 0 Å². The highest BCUT2D eigenvalue weighted by atomic mass is 16.6. The van der Waals surface area contributed by atoms with E-state index in [0.29, 0.717) is 19.1 Å². The Morgan fingerprint density at radius 1 is 1.08 bits per heavy atom. The fourth-order valence-corrected chi connectivity index (χ4v) is 4.01. The van der Waals surface area contributed by atoms with Gasteiger partial charge in [0.2, 0.25) is 0 Å². The molecule has 4 atom stereocenters. The van der Waals surface area contributed by atoms with Gasteiger partial charge in [-0.2, -0.15) is 0 Å². The summed E-state index contributed by atoms with van der Waals surface area (Å²) in [6.07, 6.45) is 5.41. The van der Waals surface area contributed by atoms with E-state index in [-0.39, 0.29) is 17.8 Å². The van der Waals surface area contributed by atoms with E-state index in [0.717, 1.165) is 6.42 Å². The maximum absolute atomic E-state index is 6.50. The molecule has 0 aromatic heterocycles. The lowest BCUT2D eigenvalue weighted by Crippen LogP contribution is -2.60. The third kappa shape index (κ3) is 3.28. The molecule has 0 saturated carbocycles. The summed E-state index contributed by atoms with van der Waals surface area (Å²) in [7, 11) is 1.72. The molecule has 3 heteroatoms. The average molecular weight is 336 g/mol. The highest BCUT2D eigenvalue weighted by molar-refractivity contribution is 5.49. The second-order valence-corrected chi connectivity index (χ2v) is 6.89. The average Bonchev–Trinajstić information content (AvgIpc) is 2.69. The maximum Gasteiger partial charge on any atom is 0.118 e. The number of rotatable bonds is 5. The van der Waals surface area contributed by atoms with Crippen molar-refractivity contribution in [3.63, 3.8) is 0 Å². The lowest BCUT2D eigenvalue weighted by Gasteiger charge is -2.53. The van der Waals surface area contributed by atoms with Crippen LogP contribution in [0.1, 0.15) is 17.5 Å². The van der Waals surface area contributed by atoms with Crippen LogP contribution in [-0.2, 0) is 19.8 Å². The second-order valence-electron chi connectivity index (χ2n) is 6.89. The topological polar surface area (TPSA) is 27.7 Å². The Balaban J connectivity index is 1.63. The van der Waals surface area contributed by atoms with Crippen LogP contribution >= 0.6 is 0 Å². The lowest BCUT2D eigenvalue weighted by atomic mass is 9.75. The highest BCUT2D eigenvalue weighted by Crippen LogP contribution is 2.47. The third-order valence-electron chi connectivity index (χ3n) is 5.21. The van der Waals surface area contributed by atoms with Gasteiger partial charge in [0, 0.05) is 13.0 Å². The van der Waals surface area contributed by atoms with Gasteiger partial charge in [0.25, 0.3) is 0 Å². The summed E-state index contributed by atoms with van der Waals surface area (Å²) < 4.78 is 18.1. The molecular formula is C22H24O3. The van der Waals surface area contributed by atoms with Gasteiger partial charge >= 0.3 is 0 Å². The molecule has 3 fully saturated rings. The fraction of sp³-hybridized carbons (Fsp3) is 0.364. The van der Waals surface area contributed by atoms with Gasteiger partial charge < -0.3 is 14.2 Å². The summed E-state index contributed by atoms with van der Waals surface area (Å²) >= 11 is 0. The van der Waals surface area contributed by atoms with Crippen molar-refractivity contribution in [3.05, 3.63) is 77.9 Å². The van der Waals surface area contributed by atoms with Gasteiger partial charge in [-0.3, -0.25) is 0 Å². The van der Waals surface area contributed by atoms with Crippen LogP contribution in [0.4, 0.5) is 0 Å².